The van der Waals surface area contributed by atoms with Crippen LogP contribution in [0.4, 0.5) is 4.79 Å². The van der Waals surface area contributed by atoms with Gasteiger partial charge in [-0.15, -0.1) is 0 Å². The van der Waals surface area contributed by atoms with Gasteiger partial charge in [-0.2, -0.15) is 0 Å². The van der Waals surface area contributed by atoms with Crippen LogP contribution < -0.4 is 10.6 Å². The molecule has 0 aliphatic rings. The van der Waals surface area contributed by atoms with Crippen molar-refractivity contribution < 1.29 is 28.9 Å². The maximum atomic E-state index is 11.6. The summed E-state index contributed by atoms with van der Waals surface area (Å²) in [4.78, 5) is 23.1. The topological polar surface area (TPSA) is 106 Å². The number of carbonyl (C=O) groups excluding carboxylic acids is 2. The third-order valence-electron chi connectivity index (χ3n) is 2.75. The van der Waals surface area contributed by atoms with Gasteiger partial charge in [0.05, 0.1) is 12.7 Å². The van der Waals surface area contributed by atoms with Crippen molar-refractivity contribution in [2.75, 3.05) is 26.9 Å². The zero-order valence-electron chi connectivity index (χ0n) is 14.7. The number of hydrogen-bond acceptors (Lipinski definition) is 6. The molecule has 0 aromatic carbocycles. The summed E-state index contributed by atoms with van der Waals surface area (Å²) >= 11 is 0. The molecule has 0 saturated heterocycles. The van der Waals surface area contributed by atoms with Crippen molar-refractivity contribution in [1.82, 2.24) is 10.6 Å². The van der Waals surface area contributed by atoms with Crippen LogP contribution in [0.25, 0.3) is 0 Å². The monoisotopic (exact) mass is 334 g/mol. The van der Waals surface area contributed by atoms with E-state index >= 15 is 0 Å². The lowest BCUT2D eigenvalue weighted by Gasteiger charge is -2.21. The van der Waals surface area contributed by atoms with Crippen molar-refractivity contribution in [3.63, 3.8) is 0 Å². The molecule has 8 heteroatoms. The van der Waals surface area contributed by atoms with E-state index in [1.54, 1.807) is 0 Å². The summed E-state index contributed by atoms with van der Waals surface area (Å²) in [5.74, 6) is -0.148. The zero-order chi connectivity index (χ0) is 17.9. The highest BCUT2D eigenvalue weighted by atomic mass is 16.7. The number of nitrogens with one attached hydrogen (secondary N) is 2. The molecule has 23 heavy (non-hydrogen) atoms. The maximum absolute atomic E-state index is 11.6. The first-order valence-electron chi connectivity index (χ1n) is 7.72. The molecule has 0 heterocycles. The van der Waals surface area contributed by atoms with Crippen LogP contribution in [0, 0.1) is 0 Å². The minimum absolute atomic E-state index is 0.104. The fraction of sp³-hybridized carbons (Fsp3) is 0.867. The van der Waals surface area contributed by atoms with E-state index in [4.69, 9.17) is 19.3 Å². The number of alkyl carbamates (subject to hydrolysis) is 1. The molecular formula is C15H30N2O6. The highest BCUT2D eigenvalue weighted by Crippen LogP contribution is 2.04. The number of aliphatic hydroxyl groups is 1. The number of carbonyl (C=O) groups is 2. The molecule has 2 unspecified atom stereocenters. The van der Waals surface area contributed by atoms with Crippen LogP contribution in [-0.4, -0.2) is 61.9 Å². The van der Waals surface area contributed by atoms with Gasteiger partial charge in [-0.1, -0.05) is 6.92 Å². The summed E-state index contributed by atoms with van der Waals surface area (Å²) in [6.45, 7) is 7.45. The molecule has 0 rings (SSSR count). The number of aliphatic hydroxyl groups excluding tert-OH is 1. The predicted molar refractivity (Wildman–Crippen MR) is 84.9 cm³/mol. The van der Waals surface area contributed by atoms with Crippen LogP contribution in [0.2, 0.25) is 0 Å². The van der Waals surface area contributed by atoms with E-state index in [2.05, 4.69) is 10.6 Å². The van der Waals surface area contributed by atoms with Crippen LogP contribution in [0.15, 0.2) is 0 Å². The molecule has 0 bridgehead atoms. The molecule has 2 amide bonds. The minimum Gasteiger partial charge on any atom is -0.444 e. The van der Waals surface area contributed by atoms with Gasteiger partial charge in [-0.05, 0) is 27.2 Å². The Morgan fingerprint density at radius 2 is 1.91 bits per heavy atom. The van der Waals surface area contributed by atoms with Gasteiger partial charge in [0.1, 0.15) is 6.61 Å². The van der Waals surface area contributed by atoms with Gasteiger partial charge >= 0.3 is 6.09 Å². The first-order valence-corrected chi connectivity index (χ1v) is 7.72. The molecule has 0 aliphatic carbocycles. The Balaban J connectivity index is 3.94. The van der Waals surface area contributed by atoms with E-state index < -0.39 is 12.4 Å². The molecular weight excluding hydrogens is 304 g/mol. The van der Waals surface area contributed by atoms with Crippen molar-refractivity contribution in [2.45, 2.75) is 58.5 Å². The molecule has 2 atom stereocenters. The summed E-state index contributed by atoms with van der Waals surface area (Å²) in [6, 6.07) is 0. The van der Waals surface area contributed by atoms with Crippen LogP contribution in [-0.2, 0) is 19.0 Å². The molecule has 0 saturated carbocycles. The average molecular weight is 334 g/mol. The Hall–Kier alpha value is -1.38. The van der Waals surface area contributed by atoms with Crippen LogP contribution >= 0.6 is 0 Å². The summed E-state index contributed by atoms with van der Waals surface area (Å²) in [5.41, 5.74) is -0.302. The summed E-state index contributed by atoms with van der Waals surface area (Å²) in [6.07, 6.45) is -0.990. The Morgan fingerprint density at radius 3 is 2.39 bits per heavy atom. The Morgan fingerprint density at radius 1 is 1.26 bits per heavy atom. The second-order valence-electron chi connectivity index (χ2n) is 6.09. The Labute approximate surface area is 137 Å². The normalized spacial score (nSPS) is 14.0. The number of amides is 2. The Kier molecular flexibility index (Phi) is 10.5. The summed E-state index contributed by atoms with van der Waals surface area (Å²) < 4.78 is 15.4. The van der Waals surface area contributed by atoms with Crippen LogP contribution in [0.1, 0.15) is 40.5 Å². The van der Waals surface area contributed by atoms with Gasteiger partial charge in [0, 0.05) is 25.6 Å². The van der Waals surface area contributed by atoms with Crippen LogP contribution in [0.5, 0.6) is 0 Å². The zero-order valence-corrected chi connectivity index (χ0v) is 14.7. The van der Waals surface area contributed by atoms with Crippen LogP contribution in [0.3, 0.4) is 0 Å². The molecule has 3 N–H and O–H groups in total. The first kappa shape index (κ1) is 21.6. The highest BCUT2D eigenvalue weighted by molar-refractivity contribution is 5.77. The third kappa shape index (κ3) is 11.8. The molecule has 0 aromatic heterocycles. The fourth-order valence-electron chi connectivity index (χ4n) is 1.60. The SMILES string of the molecule is CCC(CO)OC(COC(=O)NCCC(=O)NC(C)(C)C)OC. The van der Waals surface area contributed by atoms with E-state index in [1.165, 1.54) is 7.11 Å². The van der Waals surface area contributed by atoms with Crippen molar-refractivity contribution in [3.8, 4) is 0 Å². The standard InChI is InChI=1S/C15H30N2O6/c1-6-11(9-18)23-13(21-5)10-22-14(20)16-8-7-12(19)17-15(2,3)4/h11,13,18H,6-10H2,1-5H3,(H,16,20)(H,17,19). The molecule has 0 spiro atoms. The van der Waals surface area contributed by atoms with Crippen molar-refractivity contribution in [3.05, 3.63) is 0 Å². The lowest BCUT2D eigenvalue weighted by molar-refractivity contribution is -0.181. The lowest BCUT2D eigenvalue weighted by Crippen LogP contribution is -2.42. The molecule has 0 radical (unpaired) electrons. The number of methoxy groups -OCH3 is 1. The number of rotatable bonds is 10. The van der Waals surface area contributed by atoms with E-state index in [0.29, 0.717) is 6.42 Å². The van der Waals surface area contributed by atoms with Gasteiger partial charge in [0.15, 0.2) is 6.29 Å². The van der Waals surface area contributed by atoms with Gasteiger partial charge in [0.25, 0.3) is 0 Å². The lowest BCUT2D eigenvalue weighted by atomic mass is 10.1. The fourth-order valence-corrected chi connectivity index (χ4v) is 1.60. The quantitative estimate of drug-likeness (QED) is 0.510. The van der Waals surface area contributed by atoms with Gasteiger partial charge in [-0.3, -0.25) is 4.79 Å². The summed E-state index contributed by atoms with van der Waals surface area (Å²) in [7, 11) is 1.42. The van der Waals surface area contributed by atoms with Gasteiger partial charge < -0.3 is 30.0 Å². The largest absolute Gasteiger partial charge is 0.444 e. The first-order chi connectivity index (χ1) is 10.7. The molecule has 0 aromatic rings. The van der Waals surface area contributed by atoms with E-state index in [9.17, 15) is 9.59 Å². The molecule has 0 aliphatic heterocycles. The van der Waals surface area contributed by atoms with E-state index in [1.807, 2.05) is 27.7 Å². The second-order valence-corrected chi connectivity index (χ2v) is 6.09. The number of hydrogen-bond donors (Lipinski definition) is 3. The van der Waals surface area contributed by atoms with E-state index in [0.717, 1.165) is 0 Å². The van der Waals surface area contributed by atoms with Crippen molar-refractivity contribution >= 4 is 12.0 Å². The average Bonchev–Trinajstić information content (AvgIpc) is 2.45. The molecule has 136 valence electrons. The summed E-state index contributed by atoms with van der Waals surface area (Å²) in [5, 5.41) is 14.3. The number of ether oxygens (including phenoxy) is 3. The smallest absolute Gasteiger partial charge is 0.407 e. The highest BCUT2D eigenvalue weighted by Gasteiger charge is 2.17. The maximum Gasteiger partial charge on any atom is 0.407 e. The third-order valence-corrected chi connectivity index (χ3v) is 2.75. The predicted octanol–water partition coefficient (Wildman–Crippen LogP) is 0.777. The van der Waals surface area contributed by atoms with Gasteiger partial charge in [-0.25, -0.2) is 4.79 Å². The Bertz CT molecular complexity index is 352. The van der Waals surface area contributed by atoms with Gasteiger partial charge in [0.2, 0.25) is 5.91 Å². The molecule has 0 fully saturated rings. The van der Waals surface area contributed by atoms with E-state index in [-0.39, 0.29) is 43.7 Å². The molecule has 8 nitrogen and oxygen atoms in total. The van der Waals surface area contributed by atoms with Crippen molar-refractivity contribution in [2.24, 2.45) is 0 Å². The minimum atomic E-state index is -0.748. The second kappa shape index (κ2) is 11.2. The van der Waals surface area contributed by atoms with Crippen molar-refractivity contribution in [1.29, 1.82) is 0 Å².